The molecule has 0 spiro atoms. The number of rotatable bonds is 6. The molecular weight excluding hydrogens is 374 g/mol. The first-order valence-corrected chi connectivity index (χ1v) is 10.0. The highest BCUT2D eigenvalue weighted by Crippen LogP contribution is 2.31. The molecule has 0 amide bonds. The van der Waals surface area contributed by atoms with E-state index in [4.69, 9.17) is 14.1 Å². The molecule has 4 heteroatoms. The normalized spacial score (nSPS) is 10.7. The van der Waals surface area contributed by atoms with Crippen LogP contribution in [-0.4, -0.2) is 18.3 Å². The maximum absolute atomic E-state index is 11.9. The molecule has 0 aliphatic rings. The van der Waals surface area contributed by atoms with Crippen molar-refractivity contribution in [3.8, 4) is 0 Å². The SMILES string of the molecule is CCOC(=O)Cc1coc2cc(N=C(c3ccccc3)c3ccccc3)c(C)cc12. The highest BCUT2D eigenvalue weighted by Gasteiger charge is 2.14. The first kappa shape index (κ1) is 19.6. The fourth-order valence-electron chi connectivity index (χ4n) is 3.46. The summed E-state index contributed by atoms with van der Waals surface area (Å²) in [6.07, 6.45) is 1.83. The van der Waals surface area contributed by atoms with Crippen molar-refractivity contribution in [3.63, 3.8) is 0 Å². The van der Waals surface area contributed by atoms with E-state index in [0.29, 0.717) is 12.2 Å². The zero-order valence-electron chi connectivity index (χ0n) is 17.1. The lowest BCUT2D eigenvalue weighted by molar-refractivity contribution is -0.142. The molecule has 0 fully saturated rings. The summed E-state index contributed by atoms with van der Waals surface area (Å²) in [5.41, 5.74) is 6.38. The van der Waals surface area contributed by atoms with Crippen LogP contribution in [0.15, 0.2) is 88.5 Å². The minimum absolute atomic E-state index is 0.197. The van der Waals surface area contributed by atoms with Gasteiger partial charge in [0.1, 0.15) is 5.58 Å². The molecule has 4 nitrogen and oxygen atoms in total. The molecule has 4 rings (SSSR count). The van der Waals surface area contributed by atoms with Crippen LogP contribution in [0, 0.1) is 6.92 Å². The Kier molecular flexibility index (Phi) is 5.75. The molecule has 4 aromatic rings. The number of carbonyl (C=O) groups excluding carboxylic acids is 1. The minimum Gasteiger partial charge on any atom is -0.466 e. The third-order valence-corrected chi connectivity index (χ3v) is 4.94. The zero-order chi connectivity index (χ0) is 20.9. The first-order chi connectivity index (χ1) is 14.7. The second kappa shape index (κ2) is 8.78. The Morgan fingerprint density at radius 2 is 1.60 bits per heavy atom. The highest BCUT2D eigenvalue weighted by molar-refractivity contribution is 6.14. The summed E-state index contributed by atoms with van der Waals surface area (Å²) < 4.78 is 10.8. The summed E-state index contributed by atoms with van der Waals surface area (Å²) in [6, 6.07) is 24.2. The van der Waals surface area contributed by atoms with Gasteiger partial charge in [0.15, 0.2) is 0 Å². The largest absolute Gasteiger partial charge is 0.466 e. The van der Waals surface area contributed by atoms with Crippen molar-refractivity contribution >= 4 is 28.3 Å². The van der Waals surface area contributed by atoms with Crippen molar-refractivity contribution in [2.24, 2.45) is 4.99 Å². The third-order valence-electron chi connectivity index (χ3n) is 4.94. The molecule has 1 heterocycles. The first-order valence-electron chi connectivity index (χ1n) is 10.0. The fourth-order valence-corrected chi connectivity index (χ4v) is 3.46. The molecule has 30 heavy (non-hydrogen) atoms. The number of hydrogen-bond donors (Lipinski definition) is 0. The van der Waals surface area contributed by atoms with E-state index in [1.54, 1.807) is 13.2 Å². The molecular formula is C26H23NO3. The second-order valence-corrected chi connectivity index (χ2v) is 7.07. The number of benzene rings is 3. The molecule has 0 bridgehead atoms. The van der Waals surface area contributed by atoms with Gasteiger partial charge in [-0.15, -0.1) is 0 Å². The van der Waals surface area contributed by atoms with Crippen LogP contribution in [0.3, 0.4) is 0 Å². The Labute approximate surface area is 175 Å². The van der Waals surface area contributed by atoms with E-state index in [1.807, 2.05) is 55.5 Å². The van der Waals surface area contributed by atoms with Gasteiger partial charge in [0.25, 0.3) is 0 Å². The molecule has 1 aromatic heterocycles. The maximum Gasteiger partial charge on any atom is 0.310 e. The van der Waals surface area contributed by atoms with Gasteiger partial charge in [-0.2, -0.15) is 0 Å². The molecule has 0 aliphatic carbocycles. The number of ether oxygens (including phenoxy) is 1. The van der Waals surface area contributed by atoms with Crippen LogP contribution in [0.1, 0.15) is 29.2 Å². The molecule has 0 saturated carbocycles. The molecule has 0 N–H and O–H groups in total. The van der Waals surface area contributed by atoms with Crippen molar-refractivity contribution < 1.29 is 13.9 Å². The van der Waals surface area contributed by atoms with Gasteiger partial charge in [0.05, 0.1) is 30.7 Å². The minimum atomic E-state index is -0.254. The number of furan rings is 1. The number of hydrogen-bond acceptors (Lipinski definition) is 4. The fraction of sp³-hybridized carbons (Fsp3) is 0.154. The van der Waals surface area contributed by atoms with E-state index in [9.17, 15) is 4.79 Å². The molecule has 0 unspecified atom stereocenters. The van der Waals surface area contributed by atoms with Crippen LogP contribution < -0.4 is 0 Å². The molecule has 150 valence electrons. The Balaban J connectivity index is 1.78. The van der Waals surface area contributed by atoms with Gasteiger partial charge in [0.2, 0.25) is 0 Å². The molecule has 3 aromatic carbocycles. The highest BCUT2D eigenvalue weighted by atomic mass is 16.5. The van der Waals surface area contributed by atoms with Crippen molar-refractivity contribution in [1.29, 1.82) is 0 Å². The van der Waals surface area contributed by atoms with E-state index in [0.717, 1.165) is 39.0 Å². The lowest BCUT2D eigenvalue weighted by Crippen LogP contribution is -2.06. The summed E-state index contributed by atoms with van der Waals surface area (Å²) in [5.74, 6) is -0.254. The molecule has 0 atom stereocenters. The van der Waals surface area contributed by atoms with E-state index in [1.165, 1.54) is 0 Å². The predicted molar refractivity (Wildman–Crippen MR) is 119 cm³/mol. The van der Waals surface area contributed by atoms with Crippen molar-refractivity contribution in [2.45, 2.75) is 20.3 Å². The zero-order valence-corrected chi connectivity index (χ0v) is 17.1. The van der Waals surface area contributed by atoms with Crippen molar-refractivity contribution in [3.05, 3.63) is 101 Å². The maximum atomic E-state index is 11.9. The van der Waals surface area contributed by atoms with Gasteiger partial charge in [-0.1, -0.05) is 60.7 Å². The Morgan fingerprint density at radius 3 is 2.20 bits per heavy atom. The number of aryl methyl sites for hydroxylation is 1. The smallest absolute Gasteiger partial charge is 0.310 e. The van der Waals surface area contributed by atoms with Gasteiger partial charge in [-0.25, -0.2) is 4.99 Å². The third kappa shape index (κ3) is 4.18. The van der Waals surface area contributed by atoms with Crippen LogP contribution in [0.2, 0.25) is 0 Å². The van der Waals surface area contributed by atoms with Crippen LogP contribution >= 0.6 is 0 Å². The number of fused-ring (bicyclic) bond motifs is 1. The van der Waals surface area contributed by atoms with Crippen molar-refractivity contribution in [1.82, 2.24) is 0 Å². The number of carbonyl (C=O) groups is 1. The summed E-state index contributed by atoms with van der Waals surface area (Å²) >= 11 is 0. The lowest BCUT2D eigenvalue weighted by Gasteiger charge is -2.09. The average molecular weight is 397 g/mol. The number of esters is 1. The Bertz CT molecular complexity index is 1150. The predicted octanol–water partition coefficient (Wildman–Crippen LogP) is 6.02. The van der Waals surface area contributed by atoms with Crippen LogP contribution in [-0.2, 0) is 16.0 Å². The number of aliphatic imine (C=N–C) groups is 1. The van der Waals surface area contributed by atoms with Gasteiger partial charge in [-0.05, 0) is 25.5 Å². The van der Waals surface area contributed by atoms with Gasteiger partial charge in [-0.3, -0.25) is 4.79 Å². The standard InChI is InChI=1S/C26H23NO3/c1-3-29-25(28)15-21-17-30-24-16-23(18(2)14-22(21)24)27-26(19-10-6-4-7-11-19)20-12-8-5-9-13-20/h4-14,16-17H,3,15H2,1-2H3. The molecule has 0 radical (unpaired) electrons. The summed E-state index contributed by atoms with van der Waals surface area (Å²) in [4.78, 5) is 16.9. The van der Waals surface area contributed by atoms with Crippen molar-refractivity contribution in [2.75, 3.05) is 6.61 Å². The van der Waals surface area contributed by atoms with E-state index >= 15 is 0 Å². The van der Waals surface area contributed by atoms with Gasteiger partial charge in [0, 0.05) is 28.1 Å². The molecule has 0 saturated heterocycles. The van der Waals surface area contributed by atoms with E-state index in [2.05, 4.69) is 24.3 Å². The van der Waals surface area contributed by atoms with E-state index < -0.39 is 0 Å². The Hall–Kier alpha value is -3.66. The Morgan fingerprint density at radius 1 is 0.967 bits per heavy atom. The van der Waals surface area contributed by atoms with Crippen LogP contribution in [0.4, 0.5) is 5.69 Å². The van der Waals surface area contributed by atoms with E-state index in [-0.39, 0.29) is 12.4 Å². The van der Waals surface area contributed by atoms with Gasteiger partial charge >= 0.3 is 5.97 Å². The monoisotopic (exact) mass is 397 g/mol. The topological polar surface area (TPSA) is 51.8 Å². The van der Waals surface area contributed by atoms with Gasteiger partial charge < -0.3 is 9.15 Å². The van der Waals surface area contributed by atoms with Crippen LogP contribution in [0.25, 0.3) is 11.0 Å². The summed E-state index contributed by atoms with van der Waals surface area (Å²) in [6.45, 7) is 4.19. The average Bonchev–Trinajstić information content (AvgIpc) is 3.14. The quantitative estimate of drug-likeness (QED) is 0.295. The lowest BCUT2D eigenvalue weighted by atomic mass is 10.0. The van der Waals surface area contributed by atoms with Crippen LogP contribution in [0.5, 0.6) is 0 Å². The second-order valence-electron chi connectivity index (χ2n) is 7.07. The number of nitrogens with zero attached hydrogens (tertiary/aromatic N) is 1. The summed E-state index contributed by atoms with van der Waals surface area (Å²) in [5, 5.41) is 0.917. The summed E-state index contributed by atoms with van der Waals surface area (Å²) in [7, 11) is 0. The molecule has 0 aliphatic heterocycles.